The van der Waals surface area contributed by atoms with Crippen LogP contribution in [-0.4, -0.2) is 30.9 Å². The Bertz CT molecular complexity index is 1600. The van der Waals surface area contributed by atoms with E-state index in [4.69, 9.17) is 10.8 Å². The molecule has 0 atom stereocenters. The van der Waals surface area contributed by atoms with E-state index in [0.29, 0.717) is 29.9 Å². The summed E-state index contributed by atoms with van der Waals surface area (Å²) >= 11 is 0. The van der Waals surface area contributed by atoms with E-state index in [0.717, 1.165) is 27.1 Å². The number of rotatable bonds is 8. The number of nitrogens with one attached hydrogen (secondary N) is 1. The van der Waals surface area contributed by atoms with Gasteiger partial charge in [0, 0.05) is 44.4 Å². The number of para-hydroxylation sites is 1. The molecule has 9 heteroatoms. The summed E-state index contributed by atoms with van der Waals surface area (Å²) in [5, 5.41) is 8.57. The maximum absolute atomic E-state index is 13.4. The van der Waals surface area contributed by atoms with Crippen molar-refractivity contribution in [2.45, 2.75) is 33.9 Å². The Balaban J connectivity index is 1.84. The third kappa shape index (κ3) is 5.41. The van der Waals surface area contributed by atoms with Gasteiger partial charge in [-0.1, -0.05) is 69.8 Å². The van der Waals surface area contributed by atoms with E-state index in [9.17, 15) is 9.59 Å². The molecular weight excluding hydrogens is 478 g/mol. The Morgan fingerprint density at radius 2 is 1.76 bits per heavy atom. The van der Waals surface area contributed by atoms with Crippen molar-refractivity contribution >= 4 is 28.2 Å². The maximum atomic E-state index is 13.4. The Labute approximate surface area is 222 Å². The average molecular weight is 514 g/mol. The van der Waals surface area contributed by atoms with E-state index < -0.39 is 0 Å². The van der Waals surface area contributed by atoms with Gasteiger partial charge in [0.1, 0.15) is 11.2 Å². The summed E-state index contributed by atoms with van der Waals surface area (Å²) in [5.41, 5.74) is 8.46. The zero-order valence-corrected chi connectivity index (χ0v) is 22.6. The molecule has 0 aliphatic heterocycles. The predicted octanol–water partition coefficient (Wildman–Crippen LogP) is 4.07. The fourth-order valence-electron chi connectivity index (χ4n) is 4.28. The molecule has 38 heavy (non-hydrogen) atoms. The van der Waals surface area contributed by atoms with E-state index in [-0.39, 0.29) is 16.7 Å². The van der Waals surface area contributed by atoms with Crippen LogP contribution in [0.3, 0.4) is 0 Å². The number of nitrogens with zero attached hydrogens (tertiary/aromatic N) is 5. The maximum Gasteiger partial charge on any atom is 0.332 e. The zero-order valence-electron chi connectivity index (χ0n) is 22.6. The monoisotopic (exact) mass is 513 g/mol. The summed E-state index contributed by atoms with van der Waals surface area (Å²) in [7, 11) is 3.39. The predicted molar refractivity (Wildman–Crippen MR) is 154 cm³/mol. The minimum absolute atomic E-state index is 0.199. The SMILES string of the molecule is C=C(c1ccc(Cn2nc3c(c2Nc2ccccc2)c(=O)n(C)c(=O)n3CC(C)(C)C)cc1)N(C)/C=C\N. The summed E-state index contributed by atoms with van der Waals surface area (Å²) < 4.78 is 4.50. The largest absolute Gasteiger partial charge is 0.403 e. The summed E-state index contributed by atoms with van der Waals surface area (Å²) in [6, 6.07) is 17.6. The first-order valence-electron chi connectivity index (χ1n) is 12.4. The molecule has 0 saturated carbocycles. The van der Waals surface area contributed by atoms with Crippen molar-refractivity contribution < 1.29 is 0 Å². The van der Waals surface area contributed by atoms with Crippen molar-refractivity contribution in [3.63, 3.8) is 0 Å². The lowest BCUT2D eigenvalue weighted by atomic mass is 9.97. The second kappa shape index (κ2) is 10.5. The molecule has 2 heterocycles. The van der Waals surface area contributed by atoms with Crippen LogP contribution in [0.4, 0.5) is 11.5 Å². The molecule has 4 aromatic rings. The van der Waals surface area contributed by atoms with Crippen LogP contribution in [0.2, 0.25) is 0 Å². The molecule has 0 aliphatic rings. The first kappa shape index (κ1) is 26.5. The molecule has 9 nitrogen and oxygen atoms in total. The Kier molecular flexibility index (Phi) is 7.30. The molecular formula is C29H35N7O2. The van der Waals surface area contributed by atoms with Gasteiger partial charge in [-0.15, -0.1) is 0 Å². The normalized spacial score (nSPS) is 11.8. The van der Waals surface area contributed by atoms with Gasteiger partial charge in [0.05, 0.1) is 6.54 Å². The fourth-order valence-corrected chi connectivity index (χ4v) is 4.28. The van der Waals surface area contributed by atoms with Gasteiger partial charge in [-0.05, 0) is 28.7 Å². The molecule has 0 amide bonds. The Morgan fingerprint density at radius 1 is 1.11 bits per heavy atom. The molecule has 0 saturated heterocycles. The molecule has 3 N–H and O–H groups in total. The van der Waals surface area contributed by atoms with Crippen molar-refractivity contribution in [1.82, 2.24) is 23.8 Å². The van der Waals surface area contributed by atoms with Crippen LogP contribution in [0.5, 0.6) is 0 Å². The minimum atomic E-state index is -0.387. The minimum Gasteiger partial charge on any atom is -0.403 e. The van der Waals surface area contributed by atoms with E-state index >= 15 is 0 Å². The topological polar surface area (TPSA) is 103 Å². The zero-order chi connectivity index (χ0) is 27.6. The first-order valence-corrected chi connectivity index (χ1v) is 12.4. The first-order chi connectivity index (χ1) is 18.0. The van der Waals surface area contributed by atoms with Gasteiger partial charge < -0.3 is 16.0 Å². The average Bonchev–Trinajstić information content (AvgIpc) is 3.23. The molecule has 198 valence electrons. The molecule has 2 aromatic carbocycles. The molecule has 0 unspecified atom stereocenters. The van der Waals surface area contributed by atoms with E-state index in [1.165, 1.54) is 13.2 Å². The number of fused-ring (bicyclic) bond motifs is 1. The second-order valence-corrected chi connectivity index (χ2v) is 10.6. The van der Waals surface area contributed by atoms with Gasteiger partial charge in [-0.3, -0.25) is 13.9 Å². The number of nitrogens with two attached hydrogens (primary N) is 1. The van der Waals surface area contributed by atoms with Crippen LogP contribution in [0.25, 0.3) is 16.7 Å². The standard InChI is InChI=1S/C29H35N7O2/c1-20(33(5)17-16-30)22-14-12-21(13-15-22)18-36-25(31-23-10-8-7-9-11-23)24-26(32-36)35(19-29(2,3)4)28(38)34(6)27(24)37/h7-17,31H,1,18-19,30H2,2-6H3/b17-16-. The van der Waals surface area contributed by atoms with E-state index in [1.54, 1.807) is 15.4 Å². The van der Waals surface area contributed by atoms with Gasteiger partial charge >= 0.3 is 5.69 Å². The third-order valence-corrected chi connectivity index (χ3v) is 6.25. The van der Waals surface area contributed by atoms with E-state index in [1.807, 2.05) is 87.3 Å². The van der Waals surface area contributed by atoms with Crippen molar-refractivity contribution in [3.05, 3.63) is 106 Å². The highest BCUT2D eigenvalue weighted by Crippen LogP contribution is 2.27. The van der Waals surface area contributed by atoms with Crippen molar-refractivity contribution in [1.29, 1.82) is 0 Å². The lowest BCUT2D eigenvalue weighted by molar-refractivity contribution is 0.337. The number of aromatic nitrogens is 4. The lowest BCUT2D eigenvalue weighted by Gasteiger charge is -2.20. The number of benzene rings is 2. The third-order valence-electron chi connectivity index (χ3n) is 6.25. The van der Waals surface area contributed by atoms with Gasteiger partial charge in [0.2, 0.25) is 0 Å². The van der Waals surface area contributed by atoms with Crippen LogP contribution in [0.15, 0.2) is 83.2 Å². The molecule has 4 rings (SSSR count). The summed E-state index contributed by atoms with van der Waals surface area (Å²) in [4.78, 5) is 28.4. The van der Waals surface area contributed by atoms with Crippen LogP contribution in [-0.2, 0) is 20.1 Å². The van der Waals surface area contributed by atoms with Gasteiger partial charge in [-0.25, -0.2) is 9.48 Å². The summed E-state index contributed by atoms with van der Waals surface area (Å²) in [6.07, 6.45) is 3.21. The smallest absolute Gasteiger partial charge is 0.332 e. The van der Waals surface area contributed by atoms with Crippen LogP contribution >= 0.6 is 0 Å². The highest BCUT2D eigenvalue weighted by atomic mass is 16.2. The number of anilines is 2. The molecule has 0 radical (unpaired) electrons. The Morgan fingerprint density at radius 3 is 2.37 bits per heavy atom. The highest BCUT2D eigenvalue weighted by molar-refractivity contribution is 5.89. The molecule has 0 fully saturated rings. The van der Waals surface area contributed by atoms with Crippen molar-refractivity contribution in [2.24, 2.45) is 18.2 Å². The number of hydrogen-bond donors (Lipinski definition) is 2. The highest BCUT2D eigenvalue weighted by Gasteiger charge is 2.24. The van der Waals surface area contributed by atoms with Gasteiger partial charge in [0.25, 0.3) is 5.56 Å². The summed E-state index contributed by atoms with van der Waals surface area (Å²) in [6.45, 7) is 11.1. The van der Waals surface area contributed by atoms with Crippen molar-refractivity contribution in [3.8, 4) is 0 Å². The lowest BCUT2D eigenvalue weighted by Crippen LogP contribution is -2.40. The molecule has 0 aliphatic carbocycles. The molecule has 2 aromatic heterocycles. The second-order valence-electron chi connectivity index (χ2n) is 10.6. The van der Waals surface area contributed by atoms with E-state index in [2.05, 4.69) is 11.9 Å². The molecule has 0 bridgehead atoms. The van der Waals surface area contributed by atoms with Crippen LogP contribution < -0.4 is 22.3 Å². The van der Waals surface area contributed by atoms with Crippen LogP contribution in [0.1, 0.15) is 31.9 Å². The van der Waals surface area contributed by atoms with Crippen LogP contribution in [0, 0.1) is 5.41 Å². The quantitative estimate of drug-likeness (QED) is 0.368. The van der Waals surface area contributed by atoms with Gasteiger partial charge in [0.15, 0.2) is 5.65 Å². The summed E-state index contributed by atoms with van der Waals surface area (Å²) in [5.74, 6) is 0.538. The Hall–Kier alpha value is -4.53. The molecule has 0 spiro atoms. The van der Waals surface area contributed by atoms with Gasteiger partial charge in [-0.2, -0.15) is 5.10 Å². The fraction of sp³-hybridized carbons (Fsp3) is 0.276. The number of hydrogen-bond acceptors (Lipinski definition) is 6. The van der Waals surface area contributed by atoms with Crippen molar-refractivity contribution in [2.75, 3.05) is 12.4 Å².